The molecule has 14 heavy (non-hydrogen) atoms. The van der Waals surface area contributed by atoms with E-state index in [-0.39, 0.29) is 11.5 Å². The van der Waals surface area contributed by atoms with E-state index in [0.29, 0.717) is 17.4 Å². The van der Waals surface area contributed by atoms with Crippen molar-refractivity contribution in [3.63, 3.8) is 0 Å². The van der Waals surface area contributed by atoms with Crippen molar-refractivity contribution in [1.29, 1.82) is 0 Å². The van der Waals surface area contributed by atoms with E-state index in [1.54, 1.807) is 12.1 Å². The van der Waals surface area contributed by atoms with Crippen molar-refractivity contribution in [2.24, 2.45) is 0 Å². The van der Waals surface area contributed by atoms with Crippen molar-refractivity contribution in [1.82, 2.24) is 5.16 Å². The second-order valence-electron chi connectivity index (χ2n) is 2.74. The lowest BCUT2D eigenvalue weighted by Gasteiger charge is -1.96. The minimum Gasteiger partial charge on any atom is -0.363 e. The predicted molar refractivity (Wildman–Crippen MR) is 47.3 cm³/mol. The summed E-state index contributed by atoms with van der Waals surface area (Å²) >= 11 is 0. The molecule has 4 heteroatoms. The molecule has 0 aliphatic carbocycles. The van der Waals surface area contributed by atoms with E-state index in [1.807, 2.05) is 0 Å². The summed E-state index contributed by atoms with van der Waals surface area (Å²) in [5.74, 6) is -0.361. The minimum absolute atomic E-state index is 0.176. The van der Waals surface area contributed by atoms with E-state index in [1.165, 1.54) is 18.4 Å². The highest BCUT2D eigenvalue weighted by atomic mass is 19.1. The zero-order valence-electron chi connectivity index (χ0n) is 7.11. The van der Waals surface area contributed by atoms with E-state index in [0.717, 1.165) is 0 Å². The molecular weight excluding hydrogens is 185 g/mol. The van der Waals surface area contributed by atoms with Gasteiger partial charge in [-0.3, -0.25) is 4.79 Å². The van der Waals surface area contributed by atoms with Crippen molar-refractivity contribution in [3.8, 4) is 11.1 Å². The molecule has 2 aromatic rings. The normalized spacial score (nSPS) is 10.1. The maximum atomic E-state index is 12.9. The number of carbonyl (C=O) groups is 1. The number of nitrogens with zero attached hydrogens (tertiary/aromatic N) is 1. The van der Waals surface area contributed by atoms with Gasteiger partial charge in [-0.25, -0.2) is 4.39 Å². The molecule has 1 aromatic carbocycles. The topological polar surface area (TPSA) is 43.1 Å². The van der Waals surface area contributed by atoms with E-state index in [9.17, 15) is 9.18 Å². The molecule has 2 rings (SSSR count). The number of carbonyl (C=O) groups excluding carboxylic acids is 1. The number of halogens is 1. The number of aldehydes is 1. The van der Waals surface area contributed by atoms with Gasteiger partial charge in [-0.15, -0.1) is 0 Å². The van der Waals surface area contributed by atoms with Crippen molar-refractivity contribution in [2.75, 3.05) is 0 Å². The van der Waals surface area contributed by atoms with Crippen molar-refractivity contribution < 1.29 is 13.7 Å². The quantitative estimate of drug-likeness (QED) is 0.684. The summed E-state index contributed by atoms with van der Waals surface area (Å²) in [7, 11) is 0. The van der Waals surface area contributed by atoms with Gasteiger partial charge in [-0.05, 0) is 17.7 Å². The fourth-order valence-electron chi connectivity index (χ4n) is 1.20. The van der Waals surface area contributed by atoms with E-state index < -0.39 is 0 Å². The Morgan fingerprint density at radius 3 is 3.00 bits per heavy atom. The zero-order valence-corrected chi connectivity index (χ0v) is 7.11. The average molecular weight is 191 g/mol. The van der Waals surface area contributed by atoms with Gasteiger partial charge in [-0.1, -0.05) is 17.3 Å². The van der Waals surface area contributed by atoms with Crippen LogP contribution in [0.4, 0.5) is 4.39 Å². The van der Waals surface area contributed by atoms with Gasteiger partial charge in [0.25, 0.3) is 0 Å². The summed E-state index contributed by atoms with van der Waals surface area (Å²) in [6.07, 6.45) is 1.89. The van der Waals surface area contributed by atoms with Gasteiger partial charge in [0.15, 0.2) is 12.0 Å². The van der Waals surface area contributed by atoms with Crippen molar-refractivity contribution >= 4 is 6.29 Å². The molecule has 3 nitrogen and oxygen atoms in total. The van der Waals surface area contributed by atoms with E-state index in [2.05, 4.69) is 9.68 Å². The summed E-state index contributed by atoms with van der Waals surface area (Å²) < 4.78 is 17.5. The summed E-state index contributed by atoms with van der Waals surface area (Å²) in [6.45, 7) is 0. The fourth-order valence-corrected chi connectivity index (χ4v) is 1.20. The van der Waals surface area contributed by atoms with Crippen molar-refractivity contribution in [2.45, 2.75) is 0 Å². The van der Waals surface area contributed by atoms with Gasteiger partial charge < -0.3 is 4.52 Å². The minimum atomic E-state index is -0.361. The molecule has 0 amide bonds. The highest BCUT2D eigenvalue weighted by molar-refractivity contribution is 5.84. The van der Waals surface area contributed by atoms with Crippen molar-refractivity contribution in [3.05, 3.63) is 42.0 Å². The van der Waals surface area contributed by atoms with Crippen LogP contribution in [-0.2, 0) is 0 Å². The molecule has 0 saturated carbocycles. The van der Waals surface area contributed by atoms with Crippen LogP contribution >= 0.6 is 0 Å². The lowest BCUT2D eigenvalue weighted by molar-refractivity contribution is 0.111. The first-order valence-corrected chi connectivity index (χ1v) is 3.97. The molecule has 0 radical (unpaired) electrons. The Labute approximate surface area is 79.1 Å². The Kier molecular flexibility index (Phi) is 2.10. The first-order valence-electron chi connectivity index (χ1n) is 3.97. The Morgan fingerprint density at radius 2 is 2.29 bits per heavy atom. The Bertz CT molecular complexity index is 465. The number of hydrogen-bond acceptors (Lipinski definition) is 3. The van der Waals surface area contributed by atoms with Crippen LogP contribution in [0.2, 0.25) is 0 Å². The Hall–Kier alpha value is -1.97. The molecule has 0 fully saturated rings. The van der Waals surface area contributed by atoms with E-state index >= 15 is 0 Å². The molecule has 1 aromatic heterocycles. The standard InChI is InChI=1S/C10H6FNO2/c11-8-3-1-2-7(4-8)9-6-14-12-10(9)5-13/h1-6H. The molecular formula is C10H6FNO2. The first kappa shape index (κ1) is 8.62. The molecule has 0 atom stereocenters. The lowest BCUT2D eigenvalue weighted by atomic mass is 10.1. The number of benzene rings is 1. The Morgan fingerprint density at radius 1 is 1.43 bits per heavy atom. The number of hydrogen-bond donors (Lipinski definition) is 0. The van der Waals surface area contributed by atoms with Gasteiger partial charge in [0.1, 0.15) is 12.1 Å². The molecule has 0 bridgehead atoms. The molecule has 0 N–H and O–H groups in total. The third-order valence-electron chi connectivity index (χ3n) is 1.84. The van der Waals surface area contributed by atoms with Crippen LogP contribution in [0.1, 0.15) is 10.5 Å². The van der Waals surface area contributed by atoms with Gasteiger partial charge >= 0.3 is 0 Å². The highest BCUT2D eigenvalue weighted by Crippen LogP contribution is 2.22. The van der Waals surface area contributed by atoms with E-state index in [4.69, 9.17) is 0 Å². The predicted octanol–water partition coefficient (Wildman–Crippen LogP) is 2.29. The summed E-state index contributed by atoms with van der Waals surface area (Å²) in [4.78, 5) is 10.5. The highest BCUT2D eigenvalue weighted by Gasteiger charge is 2.08. The maximum Gasteiger partial charge on any atom is 0.172 e. The van der Waals surface area contributed by atoms with Crippen LogP contribution in [0, 0.1) is 5.82 Å². The second-order valence-corrected chi connectivity index (χ2v) is 2.74. The maximum absolute atomic E-state index is 12.9. The van der Waals surface area contributed by atoms with Crippen LogP contribution in [0.25, 0.3) is 11.1 Å². The molecule has 70 valence electrons. The molecule has 0 aliphatic rings. The molecule has 0 aliphatic heterocycles. The molecule has 1 heterocycles. The van der Waals surface area contributed by atoms with Gasteiger partial charge in [0.05, 0.1) is 5.56 Å². The summed E-state index contributed by atoms with van der Waals surface area (Å²) in [5.41, 5.74) is 1.25. The third kappa shape index (κ3) is 1.42. The fraction of sp³-hybridized carbons (Fsp3) is 0. The zero-order chi connectivity index (χ0) is 9.97. The average Bonchev–Trinajstić information content (AvgIpc) is 2.65. The third-order valence-corrected chi connectivity index (χ3v) is 1.84. The SMILES string of the molecule is O=Cc1nocc1-c1cccc(F)c1. The molecule has 0 spiro atoms. The second kappa shape index (κ2) is 3.41. The molecule has 0 unspecified atom stereocenters. The van der Waals surface area contributed by atoms with Crippen LogP contribution in [0.3, 0.4) is 0 Å². The van der Waals surface area contributed by atoms with Gasteiger partial charge in [0.2, 0.25) is 0 Å². The van der Waals surface area contributed by atoms with Crippen LogP contribution in [0.5, 0.6) is 0 Å². The van der Waals surface area contributed by atoms with Gasteiger partial charge in [-0.2, -0.15) is 0 Å². The summed E-state index contributed by atoms with van der Waals surface area (Å²) in [5, 5.41) is 3.48. The lowest BCUT2D eigenvalue weighted by Crippen LogP contribution is -1.84. The smallest absolute Gasteiger partial charge is 0.172 e. The number of aromatic nitrogens is 1. The number of rotatable bonds is 2. The van der Waals surface area contributed by atoms with Crippen LogP contribution in [0.15, 0.2) is 35.1 Å². The van der Waals surface area contributed by atoms with Gasteiger partial charge in [0, 0.05) is 0 Å². The Balaban J connectivity index is 2.54. The largest absolute Gasteiger partial charge is 0.363 e. The monoisotopic (exact) mass is 191 g/mol. The van der Waals surface area contributed by atoms with Crippen LogP contribution in [-0.4, -0.2) is 11.4 Å². The van der Waals surface area contributed by atoms with Crippen LogP contribution < -0.4 is 0 Å². The molecule has 0 saturated heterocycles. The first-order chi connectivity index (χ1) is 6.81. The summed E-state index contributed by atoms with van der Waals surface area (Å²) in [6, 6.07) is 5.89.